The van der Waals surface area contributed by atoms with Crippen molar-refractivity contribution < 1.29 is 19.1 Å². The summed E-state index contributed by atoms with van der Waals surface area (Å²) in [7, 11) is 0. The van der Waals surface area contributed by atoms with Gasteiger partial charge in [-0.05, 0) is 24.3 Å². The highest BCUT2D eigenvalue weighted by atomic mass is 35.5. The van der Waals surface area contributed by atoms with Gasteiger partial charge in [0.05, 0.1) is 0 Å². The Morgan fingerprint density at radius 1 is 1.04 bits per heavy atom. The minimum Gasteiger partial charge on any atom is -0.482 e. The van der Waals surface area contributed by atoms with Gasteiger partial charge < -0.3 is 14.5 Å². The van der Waals surface area contributed by atoms with Gasteiger partial charge in [-0.2, -0.15) is 0 Å². The van der Waals surface area contributed by atoms with Crippen LogP contribution in [0.1, 0.15) is 10.4 Å². The summed E-state index contributed by atoms with van der Waals surface area (Å²) < 4.78 is 10.2. The van der Waals surface area contributed by atoms with Crippen molar-refractivity contribution in [2.75, 3.05) is 13.2 Å². The molecule has 1 aromatic heterocycles. The van der Waals surface area contributed by atoms with Crippen LogP contribution in [0.5, 0.6) is 5.75 Å². The number of H-pyrrole nitrogens is 1. The molecule has 0 unspecified atom stereocenters. The maximum absolute atomic E-state index is 12.2. The zero-order chi connectivity index (χ0) is 16.9. The van der Waals surface area contributed by atoms with Crippen LogP contribution in [0.2, 0.25) is 5.02 Å². The molecular formula is C18H14ClNO4. The van der Waals surface area contributed by atoms with E-state index in [1.807, 2.05) is 24.3 Å². The molecule has 1 N–H and O–H groups in total. The van der Waals surface area contributed by atoms with Crippen molar-refractivity contribution in [2.24, 2.45) is 0 Å². The number of aromatic amines is 1. The molecule has 0 aliphatic carbocycles. The van der Waals surface area contributed by atoms with Crippen LogP contribution in [0, 0.1) is 0 Å². The number of rotatable bonds is 6. The molecule has 24 heavy (non-hydrogen) atoms. The lowest BCUT2D eigenvalue weighted by atomic mass is 10.1. The van der Waals surface area contributed by atoms with E-state index in [4.69, 9.17) is 21.1 Å². The van der Waals surface area contributed by atoms with Gasteiger partial charge >= 0.3 is 5.97 Å². The molecule has 0 amide bonds. The molecule has 0 saturated carbocycles. The highest BCUT2D eigenvalue weighted by Gasteiger charge is 2.14. The van der Waals surface area contributed by atoms with E-state index in [-0.39, 0.29) is 19.0 Å². The summed E-state index contributed by atoms with van der Waals surface area (Å²) in [6.45, 7) is -0.624. The number of hydrogen-bond donors (Lipinski definition) is 1. The average molecular weight is 344 g/mol. The van der Waals surface area contributed by atoms with Crippen LogP contribution in [0.15, 0.2) is 54.7 Å². The van der Waals surface area contributed by atoms with Gasteiger partial charge in [-0.25, -0.2) is 4.79 Å². The lowest BCUT2D eigenvalue weighted by Gasteiger charge is -2.06. The topological polar surface area (TPSA) is 68.4 Å². The van der Waals surface area contributed by atoms with E-state index in [2.05, 4.69) is 4.98 Å². The second-order valence-corrected chi connectivity index (χ2v) is 5.51. The van der Waals surface area contributed by atoms with Crippen molar-refractivity contribution in [2.45, 2.75) is 0 Å². The van der Waals surface area contributed by atoms with Crippen molar-refractivity contribution in [3.05, 3.63) is 65.3 Å². The minimum absolute atomic E-state index is 0.274. The predicted molar refractivity (Wildman–Crippen MR) is 90.5 cm³/mol. The third-order valence-electron chi connectivity index (χ3n) is 3.41. The highest BCUT2D eigenvalue weighted by Crippen LogP contribution is 2.18. The Bertz CT molecular complexity index is 887. The molecule has 3 rings (SSSR count). The number of carbonyl (C=O) groups is 2. The van der Waals surface area contributed by atoms with Crippen molar-refractivity contribution >= 4 is 34.3 Å². The maximum atomic E-state index is 12.2. The van der Waals surface area contributed by atoms with Crippen molar-refractivity contribution in [1.82, 2.24) is 4.98 Å². The monoisotopic (exact) mass is 343 g/mol. The van der Waals surface area contributed by atoms with Gasteiger partial charge in [-0.15, -0.1) is 0 Å². The van der Waals surface area contributed by atoms with E-state index in [1.54, 1.807) is 30.5 Å². The highest BCUT2D eigenvalue weighted by molar-refractivity contribution is 6.30. The van der Waals surface area contributed by atoms with Crippen LogP contribution in [0.3, 0.4) is 0 Å². The van der Waals surface area contributed by atoms with Gasteiger partial charge in [0.1, 0.15) is 5.75 Å². The number of halogens is 1. The number of benzene rings is 2. The van der Waals surface area contributed by atoms with E-state index in [0.29, 0.717) is 16.3 Å². The van der Waals surface area contributed by atoms with E-state index in [9.17, 15) is 9.59 Å². The van der Waals surface area contributed by atoms with Crippen LogP contribution in [0.4, 0.5) is 0 Å². The van der Waals surface area contributed by atoms with E-state index < -0.39 is 5.97 Å². The molecule has 0 atom stereocenters. The Hall–Kier alpha value is -2.79. The maximum Gasteiger partial charge on any atom is 0.344 e. The Morgan fingerprint density at radius 3 is 2.71 bits per heavy atom. The second-order valence-electron chi connectivity index (χ2n) is 5.08. The fourth-order valence-electron chi connectivity index (χ4n) is 2.27. The number of ether oxygens (including phenoxy) is 2. The van der Waals surface area contributed by atoms with Crippen LogP contribution < -0.4 is 4.74 Å². The predicted octanol–water partition coefficient (Wildman–Crippen LogP) is 3.63. The fourth-order valence-corrected chi connectivity index (χ4v) is 2.45. The van der Waals surface area contributed by atoms with Crippen molar-refractivity contribution in [3.63, 3.8) is 0 Å². The van der Waals surface area contributed by atoms with E-state index in [1.165, 1.54) is 0 Å². The largest absolute Gasteiger partial charge is 0.482 e. The quantitative estimate of drug-likeness (QED) is 0.548. The molecule has 0 spiro atoms. The third kappa shape index (κ3) is 3.75. The first-order chi connectivity index (χ1) is 11.6. The molecule has 2 aromatic carbocycles. The van der Waals surface area contributed by atoms with Crippen LogP contribution in [-0.4, -0.2) is 30.0 Å². The molecule has 6 heteroatoms. The summed E-state index contributed by atoms with van der Waals surface area (Å²) in [6, 6.07) is 14.1. The number of para-hydroxylation sites is 1. The molecule has 0 bridgehead atoms. The Morgan fingerprint density at radius 2 is 1.88 bits per heavy atom. The number of ketones is 1. The normalized spacial score (nSPS) is 10.5. The Labute approximate surface area is 143 Å². The minimum atomic E-state index is -0.622. The van der Waals surface area contributed by atoms with Crippen LogP contribution in [-0.2, 0) is 9.53 Å². The first-order valence-electron chi connectivity index (χ1n) is 7.27. The molecular weight excluding hydrogens is 330 g/mol. The van der Waals surface area contributed by atoms with E-state index >= 15 is 0 Å². The number of Topliss-reactive ketones (excluding diaryl/α,β-unsaturated/α-hetero) is 1. The molecule has 0 aliphatic rings. The average Bonchev–Trinajstić information content (AvgIpc) is 3.02. The standard InChI is InChI=1S/C18H14ClNO4/c19-12-4-3-5-13(8-12)23-11-18(22)24-10-17(21)15-9-20-16-7-2-1-6-14(15)16/h1-9,20H,10-11H2. The molecule has 3 aromatic rings. The number of fused-ring (bicyclic) bond motifs is 1. The van der Waals surface area contributed by atoms with Crippen molar-refractivity contribution in [3.8, 4) is 5.75 Å². The summed E-state index contributed by atoms with van der Waals surface area (Å²) in [5.74, 6) is -0.436. The Balaban J connectivity index is 1.53. The van der Waals surface area contributed by atoms with Gasteiger partial charge in [0, 0.05) is 27.7 Å². The second kappa shape index (κ2) is 7.19. The number of hydrogen-bond acceptors (Lipinski definition) is 4. The molecule has 1 heterocycles. The summed E-state index contributed by atoms with van der Waals surface area (Å²) in [4.78, 5) is 26.9. The van der Waals surface area contributed by atoms with Crippen molar-refractivity contribution in [1.29, 1.82) is 0 Å². The zero-order valence-electron chi connectivity index (χ0n) is 12.6. The van der Waals surface area contributed by atoms with Crippen LogP contribution >= 0.6 is 11.6 Å². The molecule has 122 valence electrons. The van der Waals surface area contributed by atoms with Gasteiger partial charge in [-0.3, -0.25) is 4.79 Å². The summed E-state index contributed by atoms with van der Waals surface area (Å²) in [5, 5.41) is 1.31. The molecule has 0 radical (unpaired) electrons. The summed E-state index contributed by atoms with van der Waals surface area (Å²) in [6.07, 6.45) is 1.61. The smallest absolute Gasteiger partial charge is 0.344 e. The first-order valence-corrected chi connectivity index (χ1v) is 7.64. The summed E-state index contributed by atoms with van der Waals surface area (Å²) >= 11 is 5.82. The van der Waals surface area contributed by atoms with Gasteiger partial charge in [0.25, 0.3) is 0 Å². The lowest BCUT2D eigenvalue weighted by molar-refractivity contribution is -0.144. The Kier molecular flexibility index (Phi) is 4.82. The first kappa shape index (κ1) is 16.1. The van der Waals surface area contributed by atoms with E-state index in [0.717, 1.165) is 10.9 Å². The van der Waals surface area contributed by atoms with Gasteiger partial charge in [0.15, 0.2) is 13.2 Å². The fraction of sp³-hybridized carbons (Fsp3) is 0.111. The number of aromatic nitrogens is 1. The zero-order valence-corrected chi connectivity index (χ0v) is 13.4. The molecule has 0 fully saturated rings. The van der Waals surface area contributed by atoms with Gasteiger partial charge in [-0.1, -0.05) is 35.9 Å². The SMILES string of the molecule is O=C(COc1cccc(Cl)c1)OCC(=O)c1c[nH]c2ccccc12. The molecule has 0 saturated heterocycles. The molecule has 0 aliphatic heterocycles. The van der Waals surface area contributed by atoms with Crippen LogP contribution in [0.25, 0.3) is 10.9 Å². The third-order valence-corrected chi connectivity index (χ3v) is 3.64. The molecule has 5 nitrogen and oxygen atoms in total. The van der Waals surface area contributed by atoms with Gasteiger partial charge in [0.2, 0.25) is 5.78 Å². The number of esters is 1. The number of carbonyl (C=O) groups excluding carboxylic acids is 2. The number of nitrogens with one attached hydrogen (secondary N) is 1. The lowest BCUT2D eigenvalue weighted by Crippen LogP contribution is -2.19. The summed E-state index contributed by atoms with van der Waals surface area (Å²) in [5.41, 5.74) is 1.35.